The van der Waals surface area contributed by atoms with Crippen molar-refractivity contribution < 1.29 is 27.8 Å². The predicted molar refractivity (Wildman–Crippen MR) is 111 cm³/mol. The number of ether oxygens (including phenoxy) is 1. The highest BCUT2D eigenvalue weighted by Crippen LogP contribution is 2.38. The van der Waals surface area contributed by atoms with Crippen LogP contribution in [-0.2, 0) is 4.79 Å². The molecule has 0 unspecified atom stereocenters. The first-order valence-corrected chi connectivity index (χ1v) is 9.94. The lowest BCUT2D eigenvalue weighted by Gasteiger charge is -2.15. The number of rotatable bonds is 11. The van der Waals surface area contributed by atoms with Crippen LogP contribution in [-0.4, -0.2) is 37.1 Å². The van der Waals surface area contributed by atoms with Crippen molar-refractivity contribution in [3.05, 3.63) is 47.5 Å². The van der Waals surface area contributed by atoms with Crippen molar-refractivity contribution in [3.63, 3.8) is 0 Å². The SMILES string of the molecule is O=C(CCO)NCCCCCNc1ccc(-c2ccccc2OC(F)(F)F)c(Cl)c1. The number of amides is 1. The summed E-state index contributed by atoms with van der Waals surface area (Å²) in [6.07, 6.45) is -2.07. The molecular weight excluding hydrogens is 421 g/mol. The number of halogens is 4. The van der Waals surface area contributed by atoms with Crippen LogP contribution in [0.1, 0.15) is 25.7 Å². The van der Waals surface area contributed by atoms with Crippen LogP contribution < -0.4 is 15.4 Å². The molecule has 3 N–H and O–H groups in total. The summed E-state index contributed by atoms with van der Waals surface area (Å²) >= 11 is 6.31. The standard InChI is InChI=1S/C21H24ClF3N2O3/c22-18-14-15(26-11-4-1-5-12-27-20(29)10-13-28)8-9-16(18)17-6-2-3-7-19(17)30-21(23,24)25/h2-3,6-9,14,26,28H,1,4-5,10-13H2,(H,27,29). The number of carbonyl (C=O) groups is 1. The molecule has 2 aromatic carbocycles. The maximum Gasteiger partial charge on any atom is 0.573 e. The highest BCUT2D eigenvalue weighted by atomic mass is 35.5. The molecule has 0 bridgehead atoms. The Morgan fingerprint density at radius 3 is 2.47 bits per heavy atom. The maximum absolute atomic E-state index is 12.6. The van der Waals surface area contributed by atoms with E-state index in [9.17, 15) is 18.0 Å². The smallest absolute Gasteiger partial charge is 0.405 e. The zero-order valence-corrected chi connectivity index (χ0v) is 17.0. The van der Waals surface area contributed by atoms with Crippen molar-refractivity contribution in [3.8, 4) is 16.9 Å². The molecule has 30 heavy (non-hydrogen) atoms. The summed E-state index contributed by atoms with van der Waals surface area (Å²) in [7, 11) is 0. The number of carbonyl (C=O) groups excluding carboxylic acids is 1. The van der Waals surface area contributed by atoms with Crippen molar-refractivity contribution in [1.29, 1.82) is 0 Å². The summed E-state index contributed by atoms with van der Waals surface area (Å²) in [5.41, 5.74) is 1.46. The lowest BCUT2D eigenvalue weighted by Crippen LogP contribution is -2.25. The number of alkyl halides is 3. The maximum atomic E-state index is 12.6. The van der Waals surface area contributed by atoms with E-state index in [2.05, 4.69) is 15.4 Å². The van der Waals surface area contributed by atoms with E-state index in [0.717, 1.165) is 24.9 Å². The van der Waals surface area contributed by atoms with Crippen LogP contribution in [0.2, 0.25) is 5.02 Å². The van der Waals surface area contributed by atoms with Gasteiger partial charge >= 0.3 is 6.36 Å². The van der Waals surface area contributed by atoms with Crippen molar-refractivity contribution in [2.45, 2.75) is 32.0 Å². The van der Waals surface area contributed by atoms with Gasteiger partial charge in [0.2, 0.25) is 5.91 Å². The van der Waals surface area contributed by atoms with Gasteiger partial charge in [-0.2, -0.15) is 0 Å². The minimum atomic E-state index is -4.79. The topological polar surface area (TPSA) is 70.6 Å². The van der Waals surface area contributed by atoms with Crippen LogP contribution in [0, 0.1) is 0 Å². The third kappa shape index (κ3) is 8.12. The summed E-state index contributed by atoms with van der Waals surface area (Å²) in [6.45, 7) is 1.10. The first-order chi connectivity index (χ1) is 14.3. The number of nitrogens with one attached hydrogen (secondary N) is 2. The van der Waals surface area contributed by atoms with Crippen LogP contribution in [0.5, 0.6) is 5.75 Å². The summed E-state index contributed by atoms with van der Waals surface area (Å²) in [6, 6.07) is 10.9. The van der Waals surface area contributed by atoms with E-state index in [1.54, 1.807) is 24.3 Å². The quantitative estimate of drug-likeness (QED) is 0.427. The van der Waals surface area contributed by atoms with E-state index in [1.807, 2.05) is 0 Å². The Morgan fingerprint density at radius 1 is 1.03 bits per heavy atom. The van der Waals surface area contributed by atoms with Crippen LogP contribution in [0.15, 0.2) is 42.5 Å². The molecule has 0 aromatic heterocycles. The zero-order chi connectivity index (χ0) is 22.0. The van der Waals surface area contributed by atoms with Crippen LogP contribution in [0.3, 0.4) is 0 Å². The van der Waals surface area contributed by atoms with Crippen molar-refractivity contribution in [1.82, 2.24) is 5.32 Å². The molecule has 1 amide bonds. The first-order valence-electron chi connectivity index (χ1n) is 9.56. The number of aliphatic hydroxyl groups excluding tert-OH is 1. The molecule has 0 aliphatic rings. The van der Waals surface area contributed by atoms with Gasteiger partial charge in [0.25, 0.3) is 0 Å². The average molecular weight is 445 g/mol. The Balaban J connectivity index is 1.86. The molecule has 5 nitrogen and oxygen atoms in total. The highest BCUT2D eigenvalue weighted by Gasteiger charge is 2.32. The van der Waals surface area contributed by atoms with Crippen LogP contribution in [0.25, 0.3) is 11.1 Å². The third-order valence-corrected chi connectivity index (χ3v) is 4.53. The minimum Gasteiger partial charge on any atom is -0.405 e. The van der Waals surface area contributed by atoms with Gasteiger partial charge in [-0.15, -0.1) is 13.2 Å². The molecule has 0 fully saturated rings. The van der Waals surface area contributed by atoms with Gasteiger partial charge in [0.05, 0.1) is 11.6 Å². The molecule has 0 aliphatic heterocycles. The highest BCUT2D eigenvalue weighted by molar-refractivity contribution is 6.33. The fraction of sp³-hybridized carbons (Fsp3) is 0.381. The monoisotopic (exact) mass is 444 g/mol. The Labute approximate surface area is 178 Å². The van der Waals surface area contributed by atoms with Crippen LogP contribution >= 0.6 is 11.6 Å². The molecule has 0 saturated carbocycles. The van der Waals surface area contributed by atoms with E-state index < -0.39 is 6.36 Å². The Morgan fingerprint density at radius 2 is 1.77 bits per heavy atom. The first kappa shape index (κ1) is 23.8. The molecular formula is C21H24ClF3N2O3. The Bertz CT molecular complexity index is 831. The van der Waals surface area contributed by atoms with Crippen molar-refractivity contribution in [2.24, 2.45) is 0 Å². The molecule has 0 aliphatic carbocycles. The summed E-state index contributed by atoms with van der Waals surface area (Å²) in [5.74, 6) is -0.466. The van der Waals surface area contributed by atoms with E-state index >= 15 is 0 Å². The normalized spacial score (nSPS) is 11.2. The second-order valence-corrected chi connectivity index (χ2v) is 6.96. The molecule has 0 radical (unpaired) electrons. The Hall–Kier alpha value is -2.45. The van der Waals surface area contributed by atoms with E-state index in [0.29, 0.717) is 23.7 Å². The van der Waals surface area contributed by atoms with E-state index in [-0.39, 0.29) is 30.2 Å². The van der Waals surface area contributed by atoms with Crippen molar-refractivity contribution >= 4 is 23.2 Å². The van der Waals surface area contributed by atoms with Crippen LogP contribution in [0.4, 0.5) is 18.9 Å². The second kappa shape index (κ2) is 11.7. The largest absolute Gasteiger partial charge is 0.573 e. The van der Waals surface area contributed by atoms with Gasteiger partial charge < -0.3 is 20.5 Å². The van der Waals surface area contributed by atoms with E-state index in [1.165, 1.54) is 18.2 Å². The molecule has 0 saturated heterocycles. The number of anilines is 1. The number of aliphatic hydroxyl groups is 1. The van der Waals surface area contributed by atoms with Gasteiger partial charge in [-0.05, 0) is 37.5 Å². The lowest BCUT2D eigenvalue weighted by molar-refractivity contribution is -0.274. The van der Waals surface area contributed by atoms with Gasteiger partial charge in [-0.3, -0.25) is 4.79 Å². The number of hydrogen-bond acceptors (Lipinski definition) is 4. The zero-order valence-electron chi connectivity index (χ0n) is 16.3. The lowest BCUT2D eigenvalue weighted by atomic mass is 10.0. The predicted octanol–water partition coefficient (Wildman–Crippen LogP) is 4.99. The number of benzene rings is 2. The van der Waals surface area contributed by atoms with Gasteiger partial charge in [-0.1, -0.05) is 35.9 Å². The Kier molecular flexibility index (Phi) is 9.26. The van der Waals surface area contributed by atoms with Gasteiger partial charge in [-0.25, -0.2) is 0 Å². The molecule has 0 heterocycles. The van der Waals surface area contributed by atoms with Gasteiger partial charge in [0, 0.05) is 36.3 Å². The second-order valence-electron chi connectivity index (χ2n) is 6.55. The summed E-state index contributed by atoms with van der Waals surface area (Å²) in [4.78, 5) is 11.2. The fourth-order valence-electron chi connectivity index (χ4n) is 2.82. The average Bonchev–Trinajstić information content (AvgIpc) is 2.67. The number of unbranched alkanes of at least 4 members (excludes halogenated alkanes) is 2. The molecule has 9 heteroatoms. The molecule has 2 aromatic rings. The molecule has 2 rings (SSSR count). The van der Waals surface area contributed by atoms with Gasteiger partial charge in [0.15, 0.2) is 0 Å². The third-order valence-electron chi connectivity index (χ3n) is 4.22. The minimum absolute atomic E-state index is 0.116. The summed E-state index contributed by atoms with van der Waals surface area (Å²) < 4.78 is 42.0. The molecule has 0 atom stereocenters. The molecule has 164 valence electrons. The summed E-state index contributed by atoms with van der Waals surface area (Å²) in [5, 5.41) is 14.9. The fourth-order valence-corrected chi connectivity index (χ4v) is 3.11. The number of para-hydroxylation sites is 1. The van der Waals surface area contributed by atoms with Crippen molar-refractivity contribution in [2.75, 3.05) is 25.0 Å². The van der Waals surface area contributed by atoms with Gasteiger partial charge in [0.1, 0.15) is 5.75 Å². The molecule has 0 spiro atoms. The van der Waals surface area contributed by atoms with E-state index in [4.69, 9.17) is 16.7 Å². The number of hydrogen-bond donors (Lipinski definition) is 3.